The van der Waals surface area contributed by atoms with Crippen LogP contribution in [0.3, 0.4) is 0 Å². The molecule has 0 amide bonds. The quantitative estimate of drug-likeness (QED) is 0.841. The average Bonchev–Trinajstić information content (AvgIpc) is 2.72. The summed E-state index contributed by atoms with van der Waals surface area (Å²) < 4.78 is 4.66. The van der Waals surface area contributed by atoms with Crippen molar-refractivity contribution < 1.29 is 9.53 Å². The number of rotatable bonds is 2. The first-order chi connectivity index (χ1) is 8.70. The Kier molecular flexibility index (Phi) is 2.56. The molecule has 1 atom stereocenters. The van der Waals surface area contributed by atoms with E-state index in [9.17, 15) is 4.79 Å². The lowest BCUT2D eigenvalue weighted by atomic mass is 9.78. The largest absolute Gasteiger partial charge is 0.464 e. The topological polar surface area (TPSA) is 65.2 Å². The molecule has 92 valence electrons. The average molecular weight is 260 g/mol. The summed E-state index contributed by atoms with van der Waals surface area (Å²) in [7, 11) is 1.33. The number of esters is 1. The van der Waals surface area contributed by atoms with Crippen LogP contribution in [0.25, 0.3) is 0 Å². The zero-order valence-corrected chi connectivity index (χ0v) is 10.7. The standard InChI is InChI=1S/C13H12N2O2S/c1-17-13(16)10-11(14)18-12(15-10)9-6-7-4-2-3-5-8(7)9/h2-5,9H,6,14H2,1H3. The number of nitrogens with zero attached hydrogens (tertiary/aromatic N) is 1. The Hall–Kier alpha value is -1.88. The molecule has 0 radical (unpaired) electrons. The van der Waals surface area contributed by atoms with Crippen molar-refractivity contribution in [2.75, 3.05) is 12.8 Å². The Bertz CT molecular complexity index is 621. The Morgan fingerprint density at radius 1 is 1.50 bits per heavy atom. The number of carbonyl (C=O) groups excluding carboxylic acids is 1. The van der Waals surface area contributed by atoms with E-state index in [2.05, 4.69) is 21.9 Å². The van der Waals surface area contributed by atoms with E-state index in [1.807, 2.05) is 12.1 Å². The van der Waals surface area contributed by atoms with Gasteiger partial charge in [-0.2, -0.15) is 0 Å². The first kappa shape index (κ1) is 11.2. The molecule has 1 aromatic heterocycles. The molecule has 1 heterocycles. The van der Waals surface area contributed by atoms with Gasteiger partial charge in [0.1, 0.15) is 10.0 Å². The minimum absolute atomic E-state index is 0.238. The molecular weight excluding hydrogens is 248 g/mol. The molecule has 1 aliphatic rings. The van der Waals surface area contributed by atoms with Gasteiger partial charge in [-0.3, -0.25) is 0 Å². The fourth-order valence-electron chi connectivity index (χ4n) is 2.22. The fraction of sp³-hybridized carbons (Fsp3) is 0.231. The van der Waals surface area contributed by atoms with Gasteiger partial charge in [0, 0.05) is 5.92 Å². The van der Waals surface area contributed by atoms with Crippen molar-refractivity contribution in [3.05, 3.63) is 46.1 Å². The van der Waals surface area contributed by atoms with E-state index in [1.165, 1.54) is 29.6 Å². The van der Waals surface area contributed by atoms with Gasteiger partial charge in [-0.05, 0) is 17.5 Å². The van der Waals surface area contributed by atoms with Gasteiger partial charge in [0.2, 0.25) is 0 Å². The van der Waals surface area contributed by atoms with Crippen LogP contribution in [0.2, 0.25) is 0 Å². The summed E-state index contributed by atoms with van der Waals surface area (Å²) in [6, 6.07) is 8.26. The van der Waals surface area contributed by atoms with Crippen LogP contribution in [-0.4, -0.2) is 18.1 Å². The number of hydrogen-bond acceptors (Lipinski definition) is 5. The van der Waals surface area contributed by atoms with Gasteiger partial charge < -0.3 is 10.5 Å². The molecule has 0 saturated heterocycles. The smallest absolute Gasteiger partial charge is 0.359 e. The second-order valence-corrected chi connectivity index (χ2v) is 5.27. The summed E-state index contributed by atoms with van der Waals surface area (Å²) in [5.41, 5.74) is 8.67. The highest BCUT2D eigenvalue weighted by molar-refractivity contribution is 7.16. The summed E-state index contributed by atoms with van der Waals surface area (Å²) in [5.74, 6) is -0.200. The highest BCUT2D eigenvalue weighted by atomic mass is 32.1. The fourth-order valence-corrected chi connectivity index (χ4v) is 3.16. The molecule has 4 nitrogen and oxygen atoms in total. The van der Waals surface area contributed by atoms with E-state index in [4.69, 9.17) is 5.73 Å². The molecule has 1 aliphatic carbocycles. The second kappa shape index (κ2) is 4.10. The number of benzene rings is 1. The Morgan fingerprint density at radius 2 is 2.28 bits per heavy atom. The van der Waals surface area contributed by atoms with E-state index >= 15 is 0 Å². The van der Waals surface area contributed by atoms with Crippen molar-refractivity contribution in [2.24, 2.45) is 0 Å². The van der Waals surface area contributed by atoms with Crippen molar-refractivity contribution in [2.45, 2.75) is 12.3 Å². The van der Waals surface area contributed by atoms with Gasteiger partial charge >= 0.3 is 5.97 Å². The summed E-state index contributed by atoms with van der Waals surface area (Å²) in [6.07, 6.45) is 0.962. The van der Waals surface area contributed by atoms with Crippen LogP contribution in [0.4, 0.5) is 5.00 Å². The molecular formula is C13H12N2O2S. The highest BCUT2D eigenvalue weighted by Gasteiger charge is 2.31. The molecule has 0 spiro atoms. The van der Waals surface area contributed by atoms with E-state index in [-0.39, 0.29) is 11.6 Å². The molecule has 3 rings (SSSR count). The number of hydrogen-bond donors (Lipinski definition) is 1. The van der Waals surface area contributed by atoms with E-state index < -0.39 is 5.97 Å². The van der Waals surface area contributed by atoms with Gasteiger partial charge in [0.25, 0.3) is 0 Å². The summed E-state index contributed by atoms with van der Waals surface area (Å²) >= 11 is 1.37. The molecule has 0 saturated carbocycles. The summed E-state index contributed by atoms with van der Waals surface area (Å²) in [4.78, 5) is 15.8. The van der Waals surface area contributed by atoms with Gasteiger partial charge in [0.15, 0.2) is 5.69 Å². The normalized spacial score (nSPS) is 16.8. The number of nitrogen functional groups attached to an aromatic ring is 1. The number of fused-ring (bicyclic) bond motifs is 1. The summed E-state index contributed by atoms with van der Waals surface area (Å²) in [6.45, 7) is 0. The van der Waals surface area contributed by atoms with Crippen LogP contribution in [0.15, 0.2) is 24.3 Å². The third-order valence-electron chi connectivity index (χ3n) is 3.20. The molecule has 0 bridgehead atoms. The Morgan fingerprint density at radius 3 is 3.00 bits per heavy atom. The van der Waals surface area contributed by atoms with Crippen molar-refractivity contribution in [1.29, 1.82) is 0 Å². The predicted molar refractivity (Wildman–Crippen MR) is 69.9 cm³/mol. The molecule has 5 heteroatoms. The zero-order chi connectivity index (χ0) is 12.7. The van der Waals surface area contributed by atoms with Crippen LogP contribution in [0, 0.1) is 0 Å². The Labute approximate surface area is 108 Å². The van der Waals surface area contributed by atoms with Crippen LogP contribution < -0.4 is 5.73 Å². The maximum atomic E-state index is 11.5. The van der Waals surface area contributed by atoms with E-state index in [0.29, 0.717) is 5.00 Å². The molecule has 1 aromatic carbocycles. The van der Waals surface area contributed by atoms with Crippen LogP contribution in [-0.2, 0) is 11.2 Å². The van der Waals surface area contributed by atoms with Crippen LogP contribution in [0.1, 0.15) is 32.5 Å². The number of nitrogens with two attached hydrogens (primary N) is 1. The van der Waals surface area contributed by atoms with Crippen molar-refractivity contribution in [1.82, 2.24) is 4.98 Å². The van der Waals surface area contributed by atoms with Gasteiger partial charge in [-0.15, -0.1) is 11.3 Å². The molecule has 0 fully saturated rings. The lowest BCUT2D eigenvalue weighted by Crippen LogP contribution is -2.18. The number of carbonyl (C=O) groups is 1. The Balaban J connectivity index is 1.94. The maximum Gasteiger partial charge on any atom is 0.359 e. The molecule has 2 N–H and O–H groups in total. The third-order valence-corrected chi connectivity index (χ3v) is 4.20. The first-order valence-corrected chi connectivity index (χ1v) is 6.44. The van der Waals surface area contributed by atoms with Crippen molar-refractivity contribution in [3.8, 4) is 0 Å². The van der Waals surface area contributed by atoms with Crippen molar-refractivity contribution in [3.63, 3.8) is 0 Å². The van der Waals surface area contributed by atoms with Crippen molar-refractivity contribution >= 4 is 22.3 Å². The van der Waals surface area contributed by atoms with Crippen LogP contribution >= 0.6 is 11.3 Å². The number of thiazole rings is 1. The number of anilines is 1. The number of methoxy groups -OCH3 is 1. The molecule has 2 aromatic rings. The van der Waals surface area contributed by atoms with Gasteiger partial charge in [-0.25, -0.2) is 9.78 Å². The minimum Gasteiger partial charge on any atom is -0.464 e. The SMILES string of the molecule is COC(=O)c1nc(C2Cc3ccccc32)sc1N. The van der Waals surface area contributed by atoms with Gasteiger partial charge in [0.05, 0.1) is 7.11 Å². The van der Waals surface area contributed by atoms with E-state index in [0.717, 1.165) is 11.4 Å². The lowest BCUT2D eigenvalue weighted by molar-refractivity contribution is 0.0596. The molecule has 0 aliphatic heterocycles. The molecule has 1 unspecified atom stereocenters. The molecule has 18 heavy (non-hydrogen) atoms. The third kappa shape index (κ3) is 1.59. The summed E-state index contributed by atoms with van der Waals surface area (Å²) in [5, 5.41) is 1.33. The highest BCUT2D eigenvalue weighted by Crippen LogP contribution is 2.42. The second-order valence-electron chi connectivity index (χ2n) is 4.21. The zero-order valence-electron chi connectivity index (χ0n) is 9.84. The van der Waals surface area contributed by atoms with Crippen LogP contribution in [0.5, 0.6) is 0 Å². The van der Waals surface area contributed by atoms with E-state index in [1.54, 1.807) is 0 Å². The predicted octanol–water partition coefficient (Wildman–Crippen LogP) is 2.20. The monoisotopic (exact) mass is 260 g/mol. The number of ether oxygens (including phenoxy) is 1. The lowest BCUT2D eigenvalue weighted by Gasteiger charge is -2.28. The minimum atomic E-state index is -0.470. The number of aromatic nitrogens is 1. The van der Waals surface area contributed by atoms with Gasteiger partial charge in [-0.1, -0.05) is 24.3 Å². The maximum absolute atomic E-state index is 11.5. The first-order valence-electron chi connectivity index (χ1n) is 5.63.